The van der Waals surface area contributed by atoms with E-state index in [0.29, 0.717) is 5.56 Å². The van der Waals surface area contributed by atoms with E-state index in [1.807, 2.05) is 25.1 Å². The van der Waals surface area contributed by atoms with E-state index >= 15 is 0 Å². The standard InChI is InChI=1S/C16H19FN2/c1-3-12-5-4-6-13(10-12)16(19-18)14-9-11(2)7-8-15(14)17/h4-10,16,19H,3,18H2,1-2H3. The predicted molar refractivity (Wildman–Crippen MR) is 76.1 cm³/mol. The second kappa shape index (κ2) is 5.95. The van der Waals surface area contributed by atoms with E-state index in [9.17, 15) is 4.39 Å². The lowest BCUT2D eigenvalue weighted by molar-refractivity contribution is 0.559. The molecule has 0 fully saturated rings. The minimum atomic E-state index is -0.327. The quantitative estimate of drug-likeness (QED) is 0.652. The van der Waals surface area contributed by atoms with Gasteiger partial charge in [-0.05, 0) is 30.5 Å². The first-order valence-electron chi connectivity index (χ1n) is 6.46. The molecule has 0 aromatic heterocycles. The van der Waals surface area contributed by atoms with Crippen LogP contribution in [0.4, 0.5) is 4.39 Å². The van der Waals surface area contributed by atoms with Gasteiger partial charge in [0.1, 0.15) is 5.82 Å². The van der Waals surface area contributed by atoms with Gasteiger partial charge in [0.2, 0.25) is 0 Å². The zero-order valence-corrected chi connectivity index (χ0v) is 11.3. The molecule has 3 N–H and O–H groups in total. The normalized spacial score (nSPS) is 12.4. The molecule has 0 saturated carbocycles. The molecule has 0 aliphatic rings. The molecule has 0 bridgehead atoms. The van der Waals surface area contributed by atoms with Gasteiger partial charge in [0, 0.05) is 5.56 Å². The molecular weight excluding hydrogens is 239 g/mol. The monoisotopic (exact) mass is 258 g/mol. The summed E-state index contributed by atoms with van der Waals surface area (Å²) in [4.78, 5) is 0. The molecule has 0 radical (unpaired) electrons. The van der Waals surface area contributed by atoms with Crippen molar-refractivity contribution >= 4 is 0 Å². The third kappa shape index (κ3) is 3.00. The van der Waals surface area contributed by atoms with Gasteiger partial charge in [-0.3, -0.25) is 5.84 Å². The van der Waals surface area contributed by atoms with Crippen LogP contribution < -0.4 is 11.3 Å². The summed E-state index contributed by atoms with van der Waals surface area (Å²) in [6, 6.07) is 12.8. The van der Waals surface area contributed by atoms with Crippen molar-refractivity contribution in [1.29, 1.82) is 0 Å². The maximum atomic E-state index is 14.0. The first kappa shape index (κ1) is 13.7. The number of hydrogen-bond donors (Lipinski definition) is 2. The Balaban J connectivity index is 2.46. The fourth-order valence-corrected chi connectivity index (χ4v) is 2.24. The van der Waals surface area contributed by atoms with Gasteiger partial charge in [-0.2, -0.15) is 0 Å². The lowest BCUT2D eigenvalue weighted by Crippen LogP contribution is -2.29. The van der Waals surface area contributed by atoms with Crippen LogP contribution >= 0.6 is 0 Å². The van der Waals surface area contributed by atoms with E-state index < -0.39 is 0 Å². The number of hydrazine groups is 1. The first-order chi connectivity index (χ1) is 9.15. The van der Waals surface area contributed by atoms with Gasteiger partial charge in [0.25, 0.3) is 0 Å². The fraction of sp³-hybridized carbons (Fsp3) is 0.250. The summed E-state index contributed by atoms with van der Waals surface area (Å²) in [5.41, 5.74) is 6.50. The van der Waals surface area contributed by atoms with E-state index in [1.54, 1.807) is 6.07 Å². The number of nitrogens with one attached hydrogen (secondary N) is 1. The van der Waals surface area contributed by atoms with Gasteiger partial charge in [0.05, 0.1) is 6.04 Å². The second-order valence-electron chi connectivity index (χ2n) is 4.72. The van der Waals surface area contributed by atoms with Crippen molar-refractivity contribution in [2.24, 2.45) is 5.84 Å². The molecule has 0 aliphatic carbocycles. The molecule has 100 valence electrons. The van der Waals surface area contributed by atoms with E-state index in [1.165, 1.54) is 11.6 Å². The summed E-state index contributed by atoms with van der Waals surface area (Å²) in [7, 11) is 0. The lowest BCUT2D eigenvalue weighted by Gasteiger charge is -2.19. The topological polar surface area (TPSA) is 38.0 Å². The van der Waals surface area contributed by atoms with Crippen molar-refractivity contribution in [3.8, 4) is 0 Å². The molecule has 2 nitrogen and oxygen atoms in total. The largest absolute Gasteiger partial charge is 0.271 e. The van der Waals surface area contributed by atoms with Crippen LogP contribution in [0.15, 0.2) is 42.5 Å². The smallest absolute Gasteiger partial charge is 0.128 e. The average molecular weight is 258 g/mol. The third-order valence-corrected chi connectivity index (χ3v) is 3.32. The molecule has 19 heavy (non-hydrogen) atoms. The summed E-state index contributed by atoms with van der Waals surface area (Å²) in [6.07, 6.45) is 0.946. The van der Waals surface area contributed by atoms with Crippen LogP contribution in [0.1, 0.15) is 35.2 Å². The van der Waals surface area contributed by atoms with Crippen LogP contribution in [-0.2, 0) is 6.42 Å². The van der Waals surface area contributed by atoms with Gasteiger partial charge in [-0.15, -0.1) is 0 Å². The highest BCUT2D eigenvalue weighted by atomic mass is 19.1. The molecule has 0 heterocycles. The Morgan fingerprint density at radius 1 is 1.21 bits per heavy atom. The highest BCUT2D eigenvalue weighted by molar-refractivity contribution is 5.36. The molecule has 3 heteroatoms. The molecule has 0 spiro atoms. The summed E-state index contributed by atoms with van der Waals surface area (Å²) in [5.74, 6) is 5.39. The van der Waals surface area contributed by atoms with Crippen molar-refractivity contribution in [3.63, 3.8) is 0 Å². The van der Waals surface area contributed by atoms with Crippen LogP contribution in [0.5, 0.6) is 0 Å². The predicted octanol–water partition coefficient (Wildman–Crippen LogP) is 3.25. The maximum absolute atomic E-state index is 14.0. The SMILES string of the molecule is CCc1cccc(C(NN)c2cc(C)ccc2F)c1. The van der Waals surface area contributed by atoms with Crippen LogP contribution in [0.25, 0.3) is 0 Å². The molecule has 0 aliphatic heterocycles. The van der Waals surface area contributed by atoms with Crippen LogP contribution in [0.2, 0.25) is 0 Å². The minimum absolute atomic E-state index is 0.240. The highest BCUT2D eigenvalue weighted by Crippen LogP contribution is 2.25. The number of hydrogen-bond acceptors (Lipinski definition) is 2. The minimum Gasteiger partial charge on any atom is -0.271 e. The molecule has 0 amide bonds. The van der Waals surface area contributed by atoms with Crippen molar-refractivity contribution in [2.45, 2.75) is 26.3 Å². The molecular formula is C16H19FN2. The number of halogens is 1. The van der Waals surface area contributed by atoms with E-state index in [2.05, 4.69) is 24.5 Å². The van der Waals surface area contributed by atoms with Crippen molar-refractivity contribution in [2.75, 3.05) is 0 Å². The Bertz CT molecular complexity index is 566. The molecule has 1 atom stereocenters. The van der Waals surface area contributed by atoms with Crippen LogP contribution in [0, 0.1) is 12.7 Å². The van der Waals surface area contributed by atoms with Gasteiger partial charge in [-0.25, -0.2) is 9.82 Å². The van der Waals surface area contributed by atoms with Crippen molar-refractivity contribution < 1.29 is 4.39 Å². The van der Waals surface area contributed by atoms with E-state index in [4.69, 9.17) is 5.84 Å². The molecule has 2 aromatic carbocycles. The van der Waals surface area contributed by atoms with Crippen molar-refractivity contribution in [1.82, 2.24) is 5.43 Å². The fourth-order valence-electron chi connectivity index (χ4n) is 2.24. The Labute approximate surface area is 113 Å². The van der Waals surface area contributed by atoms with Gasteiger partial charge >= 0.3 is 0 Å². The summed E-state index contributed by atoms with van der Waals surface area (Å²) < 4.78 is 14.0. The Hall–Kier alpha value is -1.71. The van der Waals surface area contributed by atoms with Gasteiger partial charge < -0.3 is 0 Å². The molecule has 1 unspecified atom stereocenters. The lowest BCUT2D eigenvalue weighted by atomic mass is 9.95. The number of benzene rings is 2. The van der Waals surface area contributed by atoms with Crippen LogP contribution in [-0.4, -0.2) is 0 Å². The number of rotatable bonds is 4. The zero-order valence-electron chi connectivity index (χ0n) is 11.3. The Morgan fingerprint density at radius 3 is 2.68 bits per heavy atom. The summed E-state index contributed by atoms with van der Waals surface area (Å²) >= 11 is 0. The van der Waals surface area contributed by atoms with Crippen molar-refractivity contribution in [3.05, 3.63) is 70.5 Å². The number of aryl methyl sites for hydroxylation is 2. The summed E-state index contributed by atoms with van der Waals surface area (Å²) in [5, 5.41) is 0. The van der Waals surface area contributed by atoms with Gasteiger partial charge in [0.15, 0.2) is 0 Å². The number of nitrogens with two attached hydrogens (primary N) is 1. The van der Waals surface area contributed by atoms with E-state index in [0.717, 1.165) is 17.5 Å². The Kier molecular flexibility index (Phi) is 4.30. The van der Waals surface area contributed by atoms with Gasteiger partial charge in [-0.1, -0.05) is 48.9 Å². The summed E-state index contributed by atoms with van der Waals surface area (Å²) in [6.45, 7) is 4.04. The third-order valence-electron chi connectivity index (χ3n) is 3.32. The first-order valence-corrected chi connectivity index (χ1v) is 6.46. The van der Waals surface area contributed by atoms with E-state index in [-0.39, 0.29) is 11.9 Å². The van der Waals surface area contributed by atoms with Crippen LogP contribution in [0.3, 0.4) is 0 Å². The molecule has 0 saturated heterocycles. The highest BCUT2D eigenvalue weighted by Gasteiger charge is 2.16. The molecule has 2 aromatic rings. The Morgan fingerprint density at radius 2 is 2.00 bits per heavy atom. The average Bonchev–Trinajstić information content (AvgIpc) is 2.44. The zero-order chi connectivity index (χ0) is 13.8. The second-order valence-corrected chi connectivity index (χ2v) is 4.72. The maximum Gasteiger partial charge on any atom is 0.128 e. The molecule has 2 rings (SSSR count).